The van der Waals surface area contributed by atoms with Gasteiger partial charge in [-0.05, 0) is 66.3 Å². The van der Waals surface area contributed by atoms with Crippen molar-refractivity contribution in [2.24, 2.45) is 12.1 Å². The normalized spacial score (nSPS) is 16.2. The number of halogens is 1. The number of likely N-dealkylation sites (tertiary alicyclic amines) is 1. The van der Waals surface area contributed by atoms with E-state index in [4.69, 9.17) is 21.4 Å². The molecule has 8 nitrogen and oxygen atoms in total. The van der Waals surface area contributed by atoms with Gasteiger partial charge in [0.05, 0.1) is 23.7 Å². The van der Waals surface area contributed by atoms with Gasteiger partial charge in [0.25, 0.3) is 0 Å². The van der Waals surface area contributed by atoms with Gasteiger partial charge in [-0.25, -0.2) is 18.0 Å². The lowest BCUT2D eigenvalue weighted by Gasteiger charge is -2.32. The molecule has 4 rings (SSSR count). The molecule has 1 amide bonds. The fourth-order valence-electron chi connectivity index (χ4n) is 4.39. The number of thiazole rings is 1. The molecule has 0 spiro atoms. The van der Waals surface area contributed by atoms with Crippen LogP contribution in [-0.4, -0.2) is 54.9 Å². The van der Waals surface area contributed by atoms with Crippen molar-refractivity contribution in [3.05, 3.63) is 57.3 Å². The second kappa shape index (κ2) is 10.8. The number of carbonyl (C=O) groups is 2. The van der Waals surface area contributed by atoms with Gasteiger partial charge in [-0.3, -0.25) is 0 Å². The highest BCUT2D eigenvalue weighted by Gasteiger charge is 2.40. The largest absolute Gasteiger partial charge is 0.461 e. The van der Waals surface area contributed by atoms with Gasteiger partial charge >= 0.3 is 11.9 Å². The number of ether oxygens (including phenoxy) is 1. The van der Waals surface area contributed by atoms with Crippen LogP contribution in [0.15, 0.2) is 51.8 Å². The Hall–Kier alpha value is -2.53. The van der Waals surface area contributed by atoms with Crippen LogP contribution in [0, 0.1) is 0 Å². The van der Waals surface area contributed by atoms with Gasteiger partial charge in [0, 0.05) is 17.5 Å². The molecule has 0 saturated carbocycles. The molecule has 0 radical (unpaired) electrons. The van der Waals surface area contributed by atoms with E-state index in [1.807, 2.05) is 0 Å². The highest BCUT2D eigenvalue weighted by molar-refractivity contribution is 7.91. The van der Waals surface area contributed by atoms with E-state index in [2.05, 4.69) is 0 Å². The van der Waals surface area contributed by atoms with Crippen LogP contribution in [0.3, 0.4) is 0 Å². The van der Waals surface area contributed by atoms with Crippen molar-refractivity contribution in [3.8, 4) is 0 Å². The summed E-state index contributed by atoms with van der Waals surface area (Å²) in [5, 5.41) is 8.65. The number of sulfone groups is 1. The van der Waals surface area contributed by atoms with Crippen LogP contribution < -0.4 is 4.80 Å². The van der Waals surface area contributed by atoms with Crippen LogP contribution in [0.4, 0.5) is 0 Å². The molecule has 2 aromatic carbocycles. The Morgan fingerprint density at radius 1 is 1.11 bits per heavy atom. The second-order valence-electron chi connectivity index (χ2n) is 8.83. The first kappa shape index (κ1) is 26.5. The molecule has 2 heterocycles. The molecule has 1 saturated heterocycles. The molecule has 0 N–H and O–H groups in total. The summed E-state index contributed by atoms with van der Waals surface area (Å²) >= 11 is 7.29. The van der Waals surface area contributed by atoms with E-state index in [0.717, 1.165) is 30.0 Å². The zero-order chi connectivity index (χ0) is 25.9. The number of esters is 1. The smallest absolute Gasteiger partial charge is 0.355 e. The molecule has 36 heavy (non-hydrogen) atoms. The molecule has 0 unspecified atom stereocenters. The lowest BCUT2D eigenvalue weighted by Crippen LogP contribution is -2.53. The Labute approximate surface area is 219 Å². The average molecular weight is 551 g/mol. The summed E-state index contributed by atoms with van der Waals surface area (Å²) in [5.74, 6) is -0.986. The number of rotatable bonds is 7. The Kier molecular flexibility index (Phi) is 7.99. The van der Waals surface area contributed by atoms with Crippen molar-refractivity contribution in [2.75, 3.05) is 25.4 Å². The van der Waals surface area contributed by atoms with Gasteiger partial charge in [0.15, 0.2) is 9.84 Å². The third kappa shape index (κ3) is 5.56. The molecule has 0 atom stereocenters. The summed E-state index contributed by atoms with van der Waals surface area (Å²) in [4.78, 5) is 26.4. The first-order valence-electron chi connectivity index (χ1n) is 11.9. The van der Waals surface area contributed by atoms with Crippen LogP contribution in [0.2, 0.25) is 5.02 Å². The number of piperidine rings is 1. The average Bonchev–Trinajstić information content (AvgIpc) is 3.22. The summed E-state index contributed by atoms with van der Waals surface area (Å²) in [6.45, 7) is 3.01. The first-order valence-corrected chi connectivity index (χ1v) is 14.8. The minimum atomic E-state index is -3.69. The molecule has 1 aromatic heterocycles. The van der Waals surface area contributed by atoms with Gasteiger partial charge in [0.2, 0.25) is 4.80 Å². The summed E-state index contributed by atoms with van der Waals surface area (Å²) in [6.07, 6.45) is 2.47. The van der Waals surface area contributed by atoms with Crippen molar-refractivity contribution < 1.29 is 27.3 Å². The highest BCUT2D eigenvalue weighted by atomic mass is 35.5. The number of quaternary nitrogens is 1. The predicted octanol–water partition coefficient (Wildman–Crippen LogP) is 4.28. The maximum atomic E-state index is 13.5. The van der Waals surface area contributed by atoms with Gasteiger partial charge in [-0.15, -0.1) is 4.59 Å². The summed E-state index contributed by atoms with van der Waals surface area (Å²) in [5.41, 5.74) is 0.364. The number of nitrogens with zero attached hydrogens (tertiary/aromatic N) is 3. The van der Waals surface area contributed by atoms with E-state index in [1.165, 1.54) is 11.3 Å². The number of aromatic nitrogens is 1. The van der Waals surface area contributed by atoms with Crippen LogP contribution >= 0.6 is 22.9 Å². The molecule has 3 aromatic rings. The van der Waals surface area contributed by atoms with Crippen LogP contribution in [0.1, 0.15) is 43.1 Å². The Balaban J connectivity index is 1.58. The number of benzene rings is 2. The standard InChI is InChI=1S/C25H29ClN3O5S2/c1-3-34-24(31)22-17-35-25(28(22)2)27-29(12-5-4-6-13-29)23(30)11-14-36(32,33)21-10-8-18-15-20(26)9-7-19(18)16-21/h7-10,15-17H,3-6,11-14H2,1-2H3/q+1. The van der Waals surface area contributed by atoms with Crippen LogP contribution in [0.5, 0.6) is 0 Å². The molecule has 0 bridgehead atoms. The zero-order valence-electron chi connectivity index (χ0n) is 20.3. The lowest BCUT2D eigenvalue weighted by molar-refractivity contribution is -0.869. The van der Waals surface area contributed by atoms with Crippen molar-refractivity contribution in [1.29, 1.82) is 0 Å². The predicted molar refractivity (Wildman–Crippen MR) is 139 cm³/mol. The van der Waals surface area contributed by atoms with E-state index in [1.54, 1.807) is 60.3 Å². The van der Waals surface area contributed by atoms with Gasteiger partial charge in [-0.1, -0.05) is 35.1 Å². The minimum Gasteiger partial charge on any atom is -0.461 e. The van der Waals surface area contributed by atoms with Gasteiger partial charge < -0.3 is 9.30 Å². The fourth-order valence-corrected chi connectivity index (χ4v) is 6.76. The maximum Gasteiger partial charge on any atom is 0.355 e. The Morgan fingerprint density at radius 3 is 2.53 bits per heavy atom. The van der Waals surface area contributed by atoms with Gasteiger partial charge in [0.1, 0.15) is 18.8 Å². The summed E-state index contributed by atoms with van der Waals surface area (Å²) in [6, 6.07) is 10.2. The van der Waals surface area contributed by atoms with Crippen molar-refractivity contribution in [3.63, 3.8) is 0 Å². The monoisotopic (exact) mass is 550 g/mol. The van der Waals surface area contributed by atoms with E-state index < -0.39 is 15.8 Å². The maximum absolute atomic E-state index is 13.5. The number of amides is 1. The van der Waals surface area contributed by atoms with Crippen molar-refractivity contribution in [1.82, 2.24) is 4.57 Å². The van der Waals surface area contributed by atoms with Crippen molar-refractivity contribution in [2.45, 2.75) is 37.5 Å². The van der Waals surface area contributed by atoms with E-state index in [-0.39, 0.29) is 34.2 Å². The fraction of sp³-hybridized carbons (Fsp3) is 0.400. The van der Waals surface area contributed by atoms with E-state index in [9.17, 15) is 18.0 Å². The quantitative estimate of drug-likeness (QED) is 0.323. The topological polar surface area (TPSA) is 94.8 Å². The molecule has 0 aliphatic carbocycles. The van der Waals surface area contributed by atoms with Crippen LogP contribution in [-0.2, 0) is 26.4 Å². The minimum absolute atomic E-state index is 0.149. The van der Waals surface area contributed by atoms with E-state index >= 15 is 0 Å². The number of carbonyl (C=O) groups excluding carboxylic acids is 2. The molecule has 11 heteroatoms. The molecule has 1 aliphatic rings. The number of hydrogen-bond donors (Lipinski definition) is 0. The zero-order valence-corrected chi connectivity index (χ0v) is 22.7. The molecule has 192 valence electrons. The molecule has 1 fully saturated rings. The van der Waals surface area contributed by atoms with Gasteiger partial charge in [-0.2, -0.15) is 0 Å². The Morgan fingerprint density at radius 2 is 1.81 bits per heavy atom. The molecule has 1 aliphatic heterocycles. The van der Waals surface area contributed by atoms with Crippen LogP contribution in [0.25, 0.3) is 10.8 Å². The lowest BCUT2D eigenvalue weighted by atomic mass is 10.1. The first-order chi connectivity index (χ1) is 17.1. The van der Waals surface area contributed by atoms with E-state index in [0.29, 0.717) is 28.6 Å². The number of hydrogen-bond acceptors (Lipinski definition) is 7. The third-order valence-electron chi connectivity index (χ3n) is 6.42. The summed E-state index contributed by atoms with van der Waals surface area (Å²) in [7, 11) is -1.97. The highest BCUT2D eigenvalue weighted by Crippen LogP contribution is 2.25. The summed E-state index contributed by atoms with van der Waals surface area (Å²) < 4.78 is 32.8. The molecular formula is C25H29ClN3O5S2+. The molecular weight excluding hydrogens is 522 g/mol. The third-order valence-corrected chi connectivity index (χ3v) is 9.28. The number of fused-ring (bicyclic) bond motifs is 1. The van der Waals surface area contributed by atoms with Crippen molar-refractivity contribution >= 4 is 55.4 Å². The SMILES string of the molecule is CCOC(=O)c1csc(=N[N+]2(C(=O)CCS(=O)(=O)c3ccc4cc(Cl)ccc4c3)CCCCC2)n1C. The Bertz CT molecular complexity index is 1470. The second-order valence-corrected chi connectivity index (χ2v) is 12.2.